The minimum Gasteiger partial charge on any atom is -0.352 e. The van der Waals surface area contributed by atoms with E-state index in [1.807, 2.05) is 36.4 Å². The predicted octanol–water partition coefficient (Wildman–Crippen LogP) is 3.69. The normalized spacial score (nSPS) is 11.3. The second-order valence-electron chi connectivity index (χ2n) is 6.10. The Morgan fingerprint density at radius 2 is 1.82 bits per heavy atom. The van der Waals surface area contributed by atoms with Crippen molar-refractivity contribution >= 4 is 16.7 Å². The molecule has 0 radical (unpaired) electrons. The number of carbonyl (C=O) groups is 1. The third-order valence-corrected chi connectivity index (χ3v) is 4.12. The minimum absolute atomic E-state index is 0.0166. The standard InChI is InChI=1S/C19H26N2O/c1-15(2)21(3)13-7-6-12-20-19(22)18-11-10-16-8-4-5-9-17(16)14-18/h4-5,8-11,14-15H,6-7,12-13H2,1-3H3,(H,20,22). The molecule has 3 nitrogen and oxygen atoms in total. The molecular weight excluding hydrogens is 272 g/mol. The zero-order valence-electron chi connectivity index (χ0n) is 13.8. The summed E-state index contributed by atoms with van der Waals surface area (Å²) < 4.78 is 0. The van der Waals surface area contributed by atoms with Gasteiger partial charge >= 0.3 is 0 Å². The van der Waals surface area contributed by atoms with Gasteiger partial charge in [-0.05, 0) is 63.2 Å². The smallest absolute Gasteiger partial charge is 0.251 e. The Morgan fingerprint density at radius 3 is 2.55 bits per heavy atom. The monoisotopic (exact) mass is 298 g/mol. The molecule has 0 aromatic heterocycles. The molecule has 118 valence electrons. The van der Waals surface area contributed by atoms with E-state index in [1.165, 1.54) is 0 Å². The van der Waals surface area contributed by atoms with Gasteiger partial charge in [0.2, 0.25) is 0 Å². The lowest BCUT2D eigenvalue weighted by Gasteiger charge is -2.20. The molecule has 0 saturated carbocycles. The highest BCUT2D eigenvalue weighted by molar-refractivity contribution is 5.98. The second kappa shape index (κ2) is 7.95. The fourth-order valence-electron chi connectivity index (χ4n) is 2.38. The van der Waals surface area contributed by atoms with E-state index < -0.39 is 0 Å². The first-order valence-electron chi connectivity index (χ1n) is 8.05. The first-order chi connectivity index (χ1) is 10.6. The van der Waals surface area contributed by atoms with Crippen LogP contribution < -0.4 is 5.32 Å². The first-order valence-corrected chi connectivity index (χ1v) is 8.05. The van der Waals surface area contributed by atoms with Crippen molar-refractivity contribution in [1.29, 1.82) is 0 Å². The van der Waals surface area contributed by atoms with Crippen LogP contribution in [0.1, 0.15) is 37.0 Å². The maximum Gasteiger partial charge on any atom is 0.251 e. The second-order valence-corrected chi connectivity index (χ2v) is 6.10. The highest BCUT2D eigenvalue weighted by atomic mass is 16.1. The lowest BCUT2D eigenvalue weighted by Crippen LogP contribution is -2.29. The maximum atomic E-state index is 12.2. The molecule has 2 aromatic carbocycles. The van der Waals surface area contributed by atoms with Gasteiger partial charge in [-0.15, -0.1) is 0 Å². The Morgan fingerprint density at radius 1 is 1.09 bits per heavy atom. The molecule has 22 heavy (non-hydrogen) atoms. The predicted molar refractivity (Wildman–Crippen MR) is 93.3 cm³/mol. The first kappa shape index (κ1) is 16.5. The number of fused-ring (bicyclic) bond motifs is 1. The van der Waals surface area contributed by atoms with Crippen molar-refractivity contribution in [3.8, 4) is 0 Å². The Balaban J connectivity index is 1.79. The Labute approximate surface area is 133 Å². The summed E-state index contributed by atoms with van der Waals surface area (Å²) >= 11 is 0. The fourth-order valence-corrected chi connectivity index (χ4v) is 2.38. The van der Waals surface area contributed by atoms with E-state index >= 15 is 0 Å². The highest BCUT2D eigenvalue weighted by Crippen LogP contribution is 2.15. The molecule has 0 aliphatic carbocycles. The molecule has 0 atom stereocenters. The average molecular weight is 298 g/mol. The number of hydrogen-bond donors (Lipinski definition) is 1. The van der Waals surface area contributed by atoms with E-state index in [0.717, 1.165) is 42.3 Å². The molecule has 0 aliphatic rings. The molecule has 0 aliphatic heterocycles. The van der Waals surface area contributed by atoms with Crippen LogP contribution in [0.3, 0.4) is 0 Å². The lowest BCUT2D eigenvalue weighted by atomic mass is 10.1. The lowest BCUT2D eigenvalue weighted by molar-refractivity contribution is 0.0952. The number of unbranched alkanes of at least 4 members (excludes halogenated alkanes) is 1. The number of rotatable bonds is 7. The molecule has 2 aromatic rings. The van der Waals surface area contributed by atoms with Crippen LogP contribution in [-0.4, -0.2) is 37.0 Å². The number of nitrogens with zero attached hydrogens (tertiary/aromatic N) is 1. The number of benzene rings is 2. The van der Waals surface area contributed by atoms with Crippen molar-refractivity contribution in [2.24, 2.45) is 0 Å². The van der Waals surface area contributed by atoms with Gasteiger partial charge in [0.15, 0.2) is 0 Å². The summed E-state index contributed by atoms with van der Waals surface area (Å²) in [6.45, 7) is 6.20. The van der Waals surface area contributed by atoms with Crippen LogP contribution in [0.2, 0.25) is 0 Å². The van der Waals surface area contributed by atoms with Gasteiger partial charge in [-0.2, -0.15) is 0 Å². The topological polar surface area (TPSA) is 32.3 Å². The van der Waals surface area contributed by atoms with Gasteiger partial charge in [-0.25, -0.2) is 0 Å². The Bertz CT molecular complexity index is 622. The van der Waals surface area contributed by atoms with Crippen LogP contribution in [0.4, 0.5) is 0 Å². The molecule has 1 N–H and O–H groups in total. The summed E-state index contributed by atoms with van der Waals surface area (Å²) in [6, 6.07) is 14.5. The van der Waals surface area contributed by atoms with Gasteiger partial charge < -0.3 is 10.2 Å². The summed E-state index contributed by atoms with van der Waals surface area (Å²) in [5.74, 6) is 0.0166. The van der Waals surface area contributed by atoms with E-state index in [4.69, 9.17) is 0 Å². The molecule has 0 saturated heterocycles. The molecule has 3 heteroatoms. The number of hydrogen-bond acceptors (Lipinski definition) is 2. The van der Waals surface area contributed by atoms with E-state index in [9.17, 15) is 4.79 Å². The van der Waals surface area contributed by atoms with Crippen molar-refractivity contribution in [2.45, 2.75) is 32.7 Å². The summed E-state index contributed by atoms with van der Waals surface area (Å²) in [5.41, 5.74) is 0.734. The summed E-state index contributed by atoms with van der Waals surface area (Å²) in [4.78, 5) is 14.5. The summed E-state index contributed by atoms with van der Waals surface area (Å²) in [5, 5.41) is 5.28. The molecule has 2 rings (SSSR count). The largest absolute Gasteiger partial charge is 0.352 e. The van der Waals surface area contributed by atoms with E-state index in [1.54, 1.807) is 0 Å². The van der Waals surface area contributed by atoms with Crippen molar-refractivity contribution in [3.05, 3.63) is 48.0 Å². The van der Waals surface area contributed by atoms with Crippen molar-refractivity contribution in [1.82, 2.24) is 10.2 Å². The SMILES string of the molecule is CC(C)N(C)CCCCNC(=O)c1ccc2ccccc2c1. The van der Waals surface area contributed by atoms with Gasteiger partial charge in [0.05, 0.1) is 0 Å². The van der Waals surface area contributed by atoms with Crippen LogP contribution >= 0.6 is 0 Å². The van der Waals surface area contributed by atoms with Gasteiger partial charge in [-0.1, -0.05) is 30.3 Å². The molecule has 0 bridgehead atoms. The third kappa shape index (κ3) is 4.57. The van der Waals surface area contributed by atoms with Crippen LogP contribution in [0.15, 0.2) is 42.5 Å². The van der Waals surface area contributed by atoms with Crippen molar-refractivity contribution < 1.29 is 4.79 Å². The van der Waals surface area contributed by atoms with Gasteiger partial charge in [0.1, 0.15) is 0 Å². The van der Waals surface area contributed by atoms with Crippen molar-refractivity contribution in [2.75, 3.05) is 20.1 Å². The van der Waals surface area contributed by atoms with Crippen LogP contribution in [0, 0.1) is 0 Å². The van der Waals surface area contributed by atoms with Crippen LogP contribution in [0.25, 0.3) is 10.8 Å². The fraction of sp³-hybridized carbons (Fsp3) is 0.421. The zero-order valence-corrected chi connectivity index (χ0v) is 13.8. The molecule has 0 heterocycles. The van der Waals surface area contributed by atoms with E-state index in [2.05, 4.69) is 37.2 Å². The molecule has 0 fully saturated rings. The van der Waals surface area contributed by atoms with Crippen LogP contribution in [-0.2, 0) is 0 Å². The summed E-state index contributed by atoms with van der Waals surface area (Å²) in [6.07, 6.45) is 2.11. The van der Waals surface area contributed by atoms with Gasteiger partial charge in [0.25, 0.3) is 5.91 Å². The molecular formula is C19H26N2O. The number of amides is 1. The quantitative estimate of drug-likeness (QED) is 0.791. The van der Waals surface area contributed by atoms with E-state index in [-0.39, 0.29) is 5.91 Å². The highest BCUT2D eigenvalue weighted by Gasteiger charge is 2.06. The minimum atomic E-state index is 0.0166. The number of nitrogens with one attached hydrogen (secondary N) is 1. The van der Waals surface area contributed by atoms with Crippen LogP contribution in [0.5, 0.6) is 0 Å². The van der Waals surface area contributed by atoms with Crippen molar-refractivity contribution in [3.63, 3.8) is 0 Å². The van der Waals surface area contributed by atoms with Gasteiger partial charge in [-0.3, -0.25) is 4.79 Å². The molecule has 1 amide bonds. The number of carbonyl (C=O) groups excluding carboxylic acids is 1. The third-order valence-electron chi connectivity index (χ3n) is 4.12. The molecule has 0 unspecified atom stereocenters. The molecule has 0 spiro atoms. The Kier molecular flexibility index (Phi) is 5.96. The summed E-state index contributed by atoms with van der Waals surface area (Å²) in [7, 11) is 2.14. The Hall–Kier alpha value is -1.87. The van der Waals surface area contributed by atoms with Gasteiger partial charge in [0, 0.05) is 18.2 Å². The van der Waals surface area contributed by atoms with E-state index in [0.29, 0.717) is 6.04 Å². The average Bonchev–Trinajstić information content (AvgIpc) is 2.53. The maximum absolute atomic E-state index is 12.2. The zero-order chi connectivity index (χ0) is 15.9.